The first-order valence-electron chi connectivity index (χ1n) is 4.25. The lowest BCUT2D eigenvalue weighted by atomic mass is 10.2. The molecule has 2 fully saturated rings. The molecule has 0 N–H and O–H groups in total. The van der Waals surface area contributed by atoms with Crippen molar-refractivity contribution in [1.82, 2.24) is 4.90 Å². The number of amides is 1. The van der Waals surface area contributed by atoms with E-state index in [1.165, 1.54) is 11.8 Å². The van der Waals surface area contributed by atoms with Crippen LogP contribution in [0, 0.1) is 0 Å². The molecule has 12 heavy (non-hydrogen) atoms. The van der Waals surface area contributed by atoms with Crippen LogP contribution < -0.4 is 0 Å². The van der Waals surface area contributed by atoms with Gasteiger partial charge in [-0.25, -0.2) is 0 Å². The Morgan fingerprint density at radius 2 is 2.25 bits per heavy atom. The maximum Gasteiger partial charge on any atom is 0.224 e. The summed E-state index contributed by atoms with van der Waals surface area (Å²) < 4.78 is 0. The zero-order valence-corrected chi connectivity index (χ0v) is 7.60. The molecule has 66 valence electrons. The molecule has 0 unspecified atom stereocenters. The highest BCUT2D eigenvalue weighted by atomic mass is 32.2. The van der Waals surface area contributed by atoms with E-state index in [4.69, 9.17) is 0 Å². The zero-order valence-electron chi connectivity index (χ0n) is 6.78. The van der Waals surface area contributed by atoms with Crippen molar-refractivity contribution in [2.75, 3.05) is 12.3 Å². The lowest BCUT2D eigenvalue weighted by Crippen LogP contribution is -2.37. The Bertz CT molecular complexity index is 207. The third-order valence-electron chi connectivity index (χ3n) is 2.41. The Kier molecular flexibility index (Phi) is 2.09. The largest absolute Gasteiger partial charge is 0.332 e. The molecule has 0 radical (unpaired) electrons. The van der Waals surface area contributed by atoms with Crippen molar-refractivity contribution in [2.45, 2.75) is 25.3 Å². The summed E-state index contributed by atoms with van der Waals surface area (Å²) in [6, 6.07) is -0.0926. The number of carbonyl (C=O) groups is 2. The van der Waals surface area contributed by atoms with Crippen LogP contribution in [0.4, 0.5) is 0 Å². The standard InChI is InChI=1S/C8H11NO2S/c10-7-3-5-12-8(11)6-2-1-4-9(6)7/h6H,1-5H2/t6-/m0/s1. The molecule has 2 heterocycles. The predicted octanol–water partition coefficient (Wildman–Crippen LogP) is 0.641. The molecule has 0 spiro atoms. The molecule has 0 saturated carbocycles. The average Bonchev–Trinajstić information content (AvgIpc) is 2.47. The van der Waals surface area contributed by atoms with Gasteiger partial charge in [0.05, 0.1) is 0 Å². The van der Waals surface area contributed by atoms with Gasteiger partial charge >= 0.3 is 0 Å². The summed E-state index contributed by atoms with van der Waals surface area (Å²) in [4.78, 5) is 24.6. The summed E-state index contributed by atoms with van der Waals surface area (Å²) in [5, 5.41) is 0.193. The second kappa shape index (κ2) is 3.09. The molecular weight excluding hydrogens is 174 g/mol. The molecule has 0 aromatic carbocycles. The van der Waals surface area contributed by atoms with Gasteiger partial charge in [0.25, 0.3) is 0 Å². The van der Waals surface area contributed by atoms with Crippen LogP contribution in [-0.4, -0.2) is 34.3 Å². The van der Waals surface area contributed by atoms with Crippen LogP contribution in [-0.2, 0) is 9.59 Å². The summed E-state index contributed by atoms with van der Waals surface area (Å²) in [6.45, 7) is 0.788. The zero-order chi connectivity index (χ0) is 8.55. The maximum atomic E-state index is 11.4. The van der Waals surface area contributed by atoms with Crippen molar-refractivity contribution in [3.05, 3.63) is 0 Å². The lowest BCUT2D eigenvalue weighted by Gasteiger charge is -2.19. The Morgan fingerprint density at radius 1 is 1.42 bits per heavy atom. The van der Waals surface area contributed by atoms with Crippen molar-refractivity contribution < 1.29 is 9.59 Å². The maximum absolute atomic E-state index is 11.4. The van der Waals surface area contributed by atoms with Gasteiger partial charge in [0.1, 0.15) is 6.04 Å². The van der Waals surface area contributed by atoms with Crippen LogP contribution >= 0.6 is 11.8 Å². The average molecular weight is 185 g/mol. The molecule has 2 saturated heterocycles. The van der Waals surface area contributed by atoms with Crippen molar-refractivity contribution in [1.29, 1.82) is 0 Å². The highest BCUT2D eigenvalue weighted by molar-refractivity contribution is 8.13. The predicted molar refractivity (Wildman–Crippen MR) is 46.8 cm³/mol. The highest BCUT2D eigenvalue weighted by Gasteiger charge is 2.35. The van der Waals surface area contributed by atoms with Gasteiger partial charge in [-0.1, -0.05) is 11.8 Å². The van der Waals surface area contributed by atoms with E-state index < -0.39 is 0 Å². The summed E-state index contributed by atoms with van der Waals surface area (Å²) in [6.07, 6.45) is 2.40. The van der Waals surface area contributed by atoms with Gasteiger partial charge in [0, 0.05) is 18.7 Å². The smallest absolute Gasteiger partial charge is 0.224 e. The van der Waals surface area contributed by atoms with Gasteiger partial charge < -0.3 is 4.90 Å². The monoisotopic (exact) mass is 185 g/mol. The van der Waals surface area contributed by atoms with E-state index in [0.29, 0.717) is 12.2 Å². The fraction of sp³-hybridized carbons (Fsp3) is 0.750. The van der Waals surface area contributed by atoms with Crippen molar-refractivity contribution in [3.63, 3.8) is 0 Å². The van der Waals surface area contributed by atoms with Gasteiger partial charge in [0.15, 0.2) is 0 Å². The van der Waals surface area contributed by atoms with E-state index in [0.717, 1.165) is 19.4 Å². The highest BCUT2D eigenvalue weighted by Crippen LogP contribution is 2.26. The molecule has 1 amide bonds. The van der Waals surface area contributed by atoms with E-state index in [1.807, 2.05) is 0 Å². The van der Waals surface area contributed by atoms with Crippen LogP contribution in [0.25, 0.3) is 0 Å². The van der Waals surface area contributed by atoms with Crippen molar-refractivity contribution >= 4 is 22.8 Å². The van der Waals surface area contributed by atoms with E-state index in [1.54, 1.807) is 4.90 Å². The van der Waals surface area contributed by atoms with Gasteiger partial charge in [0.2, 0.25) is 11.0 Å². The number of fused-ring (bicyclic) bond motifs is 1. The molecule has 2 aliphatic heterocycles. The summed E-state index contributed by atoms with van der Waals surface area (Å²) in [5.41, 5.74) is 0. The minimum absolute atomic E-state index is 0.0926. The van der Waals surface area contributed by atoms with E-state index >= 15 is 0 Å². The third kappa shape index (κ3) is 1.24. The Hall–Kier alpha value is -0.510. The molecule has 0 aliphatic carbocycles. The second-order valence-corrected chi connectivity index (χ2v) is 4.26. The molecule has 0 bridgehead atoms. The molecule has 2 aliphatic rings. The molecule has 4 heteroatoms. The van der Waals surface area contributed by atoms with Gasteiger partial charge in [-0.2, -0.15) is 0 Å². The minimum atomic E-state index is -0.0926. The molecular formula is C8H11NO2S. The number of thioether (sulfide) groups is 1. The van der Waals surface area contributed by atoms with Crippen LogP contribution in [0.1, 0.15) is 19.3 Å². The number of rotatable bonds is 0. The van der Waals surface area contributed by atoms with E-state index in [2.05, 4.69) is 0 Å². The van der Waals surface area contributed by atoms with Gasteiger partial charge in [-0.05, 0) is 12.8 Å². The first kappa shape index (κ1) is 8.10. The topological polar surface area (TPSA) is 37.4 Å². The summed E-state index contributed by atoms with van der Waals surface area (Å²) in [5.74, 6) is 0.834. The number of hydrogen-bond donors (Lipinski definition) is 0. The van der Waals surface area contributed by atoms with Gasteiger partial charge in [-0.3, -0.25) is 9.59 Å². The number of nitrogens with zero attached hydrogens (tertiary/aromatic N) is 1. The van der Waals surface area contributed by atoms with E-state index in [-0.39, 0.29) is 17.1 Å². The SMILES string of the molecule is O=C1SCCC(=O)N2CCC[C@@H]12. The third-order valence-corrected chi connectivity index (χ3v) is 3.37. The number of hydrogen-bond acceptors (Lipinski definition) is 3. The fourth-order valence-electron chi connectivity index (χ4n) is 1.79. The number of carbonyl (C=O) groups excluding carboxylic acids is 2. The normalized spacial score (nSPS) is 30.3. The van der Waals surface area contributed by atoms with Crippen molar-refractivity contribution in [3.8, 4) is 0 Å². The van der Waals surface area contributed by atoms with Crippen LogP contribution in [0.3, 0.4) is 0 Å². The second-order valence-electron chi connectivity index (χ2n) is 3.16. The molecule has 1 atom stereocenters. The first-order chi connectivity index (χ1) is 5.79. The Morgan fingerprint density at radius 3 is 3.08 bits per heavy atom. The van der Waals surface area contributed by atoms with E-state index in [9.17, 15) is 9.59 Å². The Labute approximate surface area is 75.5 Å². The summed E-state index contributed by atoms with van der Waals surface area (Å²) >= 11 is 1.32. The summed E-state index contributed by atoms with van der Waals surface area (Å²) in [7, 11) is 0. The van der Waals surface area contributed by atoms with Crippen LogP contribution in [0.2, 0.25) is 0 Å². The fourth-order valence-corrected chi connectivity index (χ4v) is 2.70. The van der Waals surface area contributed by atoms with Crippen LogP contribution in [0.5, 0.6) is 0 Å². The molecule has 3 nitrogen and oxygen atoms in total. The molecule has 2 rings (SSSR count). The first-order valence-corrected chi connectivity index (χ1v) is 5.24. The molecule has 0 aromatic rings. The minimum Gasteiger partial charge on any atom is -0.332 e. The van der Waals surface area contributed by atoms with Crippen molar-refractivity contribution in [2.24, 2.45) is 0 Å². The molecule has 0 aromatic heterocycles. The van der Waals surface area contributed by atoms with Gasteiger partial charge in [-0.15, -0.1) is 0 Å². The Balaban J connectivity index is 2.20. The quantitative estimate of drug-likeness (QED) is 0.556. The van der Waals surface area contributed by atoms with Crippen LogP contribution in [0.15, 0.2) is 0 Å². The lowest BCUT2D eigenvalue weighted by molar-refractivity contribution is -0.134.